The van der Waals surface area contributed by atoms with E-state index < -0.39 is 0 Å². The van der Waals surface area contributed by atoms with Crippen molar-refractivity contribution in [2.45, 2.75) is 38.3 Å². The van der Waals surface area contributed by atoms with Crippen LogP contribution in [0.2, 0.25) is 0 Å². The van der Waals surface area contributed by atoms with E-state index in [9.17, 15) is 9.59 Å². The first-order chi connectivity index (χ1) is 11.2. The molecule has 23 heavy (non-hydrogen) atoms. The van der Waals surface area contributed by atoms with Crippen molar-refractivity contribution in [1.82, 2.24) is 9.80 Å². The molecule has 0 saturated carbocycles. The molecule has 6 nitrogen and oxygen atoms in total. The van der Waals surface area contributed by atoms with Gasteiger partial charge in [-0.3, -0.25) is 9.69 Å². The fourth-order valence-corrected chi connectivity index (χ4v) is 3.24. The highest BCUT2D eigenvalue weighted by Gasteiger charge is 2.38. The van der Waals surface area contributed by atoms with E-state index in [-0.39, 0.29) is 24.1 Å². The van der Waals surface area contributed by atoms with E-state index in [1.54, 1.807) is 24.5 Å². The Morgan fingerprint density at radius 3 is 2.83 bits per heavy atom. The summed E-state index contributed by atoms with van der Waals surface area (Å²) in [5, 5.41) is 0. The Bertz CT molecular complexity index is 573. The van der Waals surface area contributed by atoms with Crippen molar-refractivity contribution >= 4 is 18.1 Å². The fraction of sp³-hybridized carbons (Fsp3) is 0.529. The number of likely N-dealkylation sites (tertiary alicyclic amines) is 1. The van der Waals surface area contributed by atoms with Gasteiger partial charge in [0.1, 0.15) is 12.4 Å². The second kappa shape index (κ2) is 6.89. The van der Waals surface area contributed by atoms with Gasteiger partial charge >= 0.3 is 6.09 Å². The number of ether oxygens (including phenoxy) is 1. The minimum Gasteiger partial charge on any atom is -0.465 e. The topological polar surface area (TPSA) is 63.0 Å². The van der Waals surface area contributed by atoms with Crippen molar-refractivity contribution in [2.75, 3.05) is 19.7 Å². The number of piperidine rings is 1. The Morgan fingerprint density at radius 2 is 2.17 bits per heavy atom. The molecular formula is C17H22N2O4. The van der Waals surface area contributed by atoms with Gasteiger partial charge in [-0.1, -0.05) is 6.92 Å². The van der Waals surface area contributed by atoms with E-state index in [0.29, 0.717) is 25.5 Å². The number of amides is 2. The maximum absolute atomic E-state index is 12.2. The third-order valence-electron chi connectivity index (χ3n) is 4.58. The van der Waals surface area contributed by atoms with Gasteiger partial charge in [-0.25, -0.2) is 4.79 Å². The van der Waals surface area contributed by atoms with E-state index in [4.69, 9.17) is 9.15 Å². The average Bonchev–Trinajstić information content (AvgIpc) is 3.22. The molecule has 1 aromatic heterocycles. The van der Waals surface area contributed by atoms with E-state index >= 15 is 0 Å². The average molecular weight is 318 g/mol. The SMILES string of the molecule is CCC1COC(=O)N1C1CCN(C(=O)C=Cc2ccco2)CC1. The molecule has 2 amide bonds. The second-order valence-electron chi connectivity index (χ2n) is 5.95. The van der Waals surface area contributed by atoms with Gasteiger partial charge in [0.05, 0.1) is 12.3 Å². The van der Waals surface area contributed by atoms with Crippen molar-refractivity contribution in [3.8, 4) is 0 Å². The molecule has 2 aliphatic heterocycles. The van der Waals surface area contributed by atoms with Crippen molar-refractivity contribution in [1.29, 1.82) is 0 Å². The van der Waals surface area contributed by atoms with Crippen molar-refractivity contribution in [3.63, 3.8) is 0 Å². The summed E-state index contributed by atoms with van der Waals surface area (Å²) in [5.41, 5.74) is 0. The first-order valence-corrected chi connectivity index (χ1v) is 8.14. The summed E-state index contributed by atoms with van der Waals surface area (Å²) < 4.78 is 10.3. The maximum atomic E-state index is 12.2. The third-order valence-corrected chi connectivity index (χ3v) is 4.58. The fourth-order valence-electron chi connectivity index (χ4n) is 3.24. The third kappa shape index (κ3) is 3.41. The predicted molar refractivity (Wildman–Crippen MR) is 84.6 cm³/mol. The van der Waals surface area contributed by atoms with Crippen LogP contribution >= 0.6 is 0 Å². The second-order valence-corrected chi connectivity index (χ2v) is 5.95. The molecule has 1 unspecified atom stereocenters. The Labute approximate surface area is 135 Å². The van der Waals surface area contributed by atoms with Gasteiger partial charge in [0.15, 0.2) is 0 Å². The highest BCUT2D eigenvalue weighted by atomic mass is 16.6. The van der Waals surface area contributed by atoms with Crippen LogP contribution in [0.3, 0.4) is 0 Å². The number of carbonyl (C=O) groups is 2. The first kappa shape index (κ1) is 15.6. The number of nitrogens with zero attached hydrogens (tertiary/aromatic N) is 2. The number of carbonyl (C=O) groups excluding carboxylic acids is 2. The molecule has 0 aliphatic carbocycles. The molecule has 2 fully saturated rings. The van der Waals surface area contributed by atoms with E-state index in [0.717, 1.165) is 19.3 Å². The molecule has 1 atom stereocenters. The number of rotatable bonds is 4. The highest BCUT2D eigenvalue weighted by molar-refractivity contribution is 5.91. The van der Waals surface area contributed by atoms with Gasteiger partial charge < -0.3 is 14.1 Å². The lowest BCUT2D eigenvalue weighted by molar-refractivity contribution is -0.127. The molecule has 0 radical (unpaired) electrons. The lowest BCUT2D eigenvalue weighted by Gasteiger charge is -2.37. The summed E-state index contributed by atoms with van der Waals surface area (Å²) in [6.45, 7) is 3.87. The van der Waals surface area contributed by atoms with E-state index in [2.05, 4.69) is 6.92 Å². The van der Waals surface area contributed by atoms with E-state index in [1.807, 2.05) is 9.80 Å². The Kier molecular flexibility index (Phi) is 4.69. The number of furan rings is 1. The summed E-state index contributed by atoms with van der Waals surface area (Å²) in [5.74, 6) is 0.648. The van der Waals surface area contributed by atoms with E-state index in [1.165, 1.54) is 6.08 Å². The van der Waals surface area contributed by atoms with Crippen LogP contribution in [0.5, 0.6) is 0 Å². The maximum Gasteiger partial charge on any atom is 0.410 e. The molecule has 1 aromatic rings. The van der Waals surface area contributed by atoms with Crippen LogP contribution in [0.15, 0.2) is 28.9 Å². The van der Waals surface area contributed by atoms with Crippen LogP contribution in [0, 0.1) is 0 Å². The van der Waals surface area contributed by atoms with Crippen molar-refractivity contribution in [2.24, 2.45) is 0 Å². The lowest BCUT2D eigenvalue weighted by Crippen LogP contribution is -2.49. The molecule has 3 heterocycles. The van der Waals surface area contributed by atoms with Gasteiger partial charge in [0, 0.05) is 25.2 Å². The van der Waals surface area contributed by atoms with Gasteiger partial charge in [0.25, 0.3) is 0 Å². The number of cyclic esters (lactones) is 1. The number of hydrogen-bond donors (Lipinski definition) is 0. The zero-order chi connectivity index (χ0) is 16.2. The molecule has 0 bridgehead atoms. The molecule has 124 valence electrons. The molecule has 2 saturated heterocycles. The molecule has 3 rings (SSSR count). The molecule has 0 spiro atoms. The molecule has 6 heteroatoms. The molecule has 0 N–H and O–H groups in total. The Hall–Kier alpha value is -2.24. The van der Waals surface area contributed by atoms with Gasteiger partial charge in [-0.15, -0.1) is 0 Å². The smallest absolute Gasteiger partial charge is 0.410 e. The molecule has 2 aliphatic rings. The van der Waals surface area contributed by atoms with Crippen LogP contribution in [0.25, 0.3) is 6.08 Å². The van der Waals surface area contributed by atoms with Crippen LogP contribution in [-0.2, 0) is 9.53 Å². The monoisotopic (exact) mass is 318 g/mol. The summed E-state index contributed by atoms with van der Waals surface area (Å²) in [7, 11) is 0. The quantitative estimate of drug-likeness (QED) is 0.800. The lowest BCUT2D eigenvalue weighted by atomic mass is 10.0. The minimum absolute atomic E-state index is 0.0177. The largest absolute Gasteiger partial charge is 0.465 e. The molecular weight excluding hydrogens is 296 g/mol. The zero-order valence-corrected chi connectivity index (χ0v) is 13.3. The Balaban J connectivity index is 1.54. The van der Waals surface area contributed by atoms with Gasteiger partial charge in [-0.2, -0.15) is 0 Å². The van der Waals surface area contributed by atoms with Crippen LogP contribution in [-0.4, -0.2) is 53.6 Å². The normalized spacial score (nSPS) is 22.8. The first-order valence-electron chi connectivity index (χ1n) is 8.14. The summed E-state index contributed by atoms with van der Waals surface area (Å²) in [6.07, 6.45) is 7.08. The molecule has 0 aromatic carbocycles. The van der Waals surface area contributed by atoms with Crippen LogP contribution in [0.4, 0.5) is 4.79 Å². The zero-order valence-electron chi connectivity index (χ0n) is 13.3. The standard InChI is InChI=1S/C17H22N2O4/c1-2-13-12-23-17(21)19(13)14-7-9-18(10-8-14)16(20)6-5-15-4-3-11-22-15/h3-6,11,13-14H,2,7-10,12H2,1H3. The van der Waals surface area contributed by atoms with Crippen LogP contribution in [0.1, 0.15) is 31.9 Å². The Morgan fingerprint density at radius 1 is 1.39 bits per heavy atom. The van der Waals surface area contributed by atoms with Crippen molar-refractivity contribution in [3.05, 3.63) is 30.2 Å². The summed E-state index contributed by atoms with van der Waals surface area (Å²) in [6, 6.07) is 3.94. The predicted octanol–water partition coefficient (Wildman–Crippen LogP) is 2.51. The van der Waals surface area contributed by atoms with Crippen LogP contribution < -0.4 is 0 Å². The summed E-state index contributed by atoms with van der Waals surface area (Å²) in [4.78, 5) is 27.8. The highest BCUT2D eigenvalue weighted by Crippen LogP contribution is 2.25. The number of hydrogen-bond acceptors (Lipinski definition) is 4. The summed E-state index contributed by atoms with van der Waals surface area (Å²) >= 11 is 0. The minimum atomic E-state index is -0.209. The van der Waals surface area contributed by atoms with Gasteiger partial charge in [-0.05, 0) is 37.5 Å². The van der Waals surface area contributed by atoms with Crippen molar-refractivity contribution < 1.29 is 18.7 Å². The van der Waals surface area contributed by atoms with Gasteiger partial charge in [0.2, 0.25) is 5.91 Å².